The maximum atomic E-state index is 5.88. The summed E-state index contributed by atoms with van der Waals surface area (Å²) in [5.74, 6) is 0. The zero-order valence-corrected chi connectivity index (χ0v) is 13.5. The van der Waals surface area contributed by atoms with Crippen molar-refractivity contribution in [3.63, 3.8) is 0 Å². The average Bonchev–Trinajstić information content (AvgIpc) is 2.56. The lowest BCUT2D eigenvalue weighted by Crippen LogP contribution is -2.44. The van der Waals surface area contributed by atoms with Crippen molar-refractivity contribution >= 4 is 23.5 Å². The standard InChI is InChI=1S/C18H20ClN3/c1-15-2-8-18(9-3-15)21-10-12-22(13-11-21)20-14-16-4-6-17(19)7-5-16/h2-9,14H,10-13H2,1H3. The van der Waals surface area contributed by atoms with Crippen LogP contribution in [-0.2, 0) is 0 Å². The minimum absolute atomic E-state index is 0.754. The molecule has 0 unspecified atom stereocenters. The molecule has 0 bridgehead atoms. The summed E-state index contributed by atoms with van der Waals surface area (Å²) >= 11 is 5.88. The van der Waals surface area contributed by atoms with E-state index in [0.29, 0.717) is 0 Å². The van der Waals surface area contributed by atoms with Crippen molar-refractivity contribution in [1.29, 1.82) is 0 Å². The van der Waals surface area contributed by atoms with Gasteiger partial charge < -0.3 is 4.90 Å². The third-order valence-corrected chi connectivity index (χ3v) is 4.15. The molecule has 2 aromatic carbocycles. The lowest BCUT2D eigenvalue weighted by atomic mass is 10.2. The number of rotatable bonds is 3. The fourth-order valence-electron chi connectivity index (χ4n) is 2.52. The fourth-order valence-corrected chi connectivity index (χ4v) is 2.65. The van der Waals surface area contributed by atoms with Gasteiger partial charge in [-0.25, -0.2) is 0 Å². The Hall–Kier alpha value is -2.00. The van der Waals surface area contributed by atoms with Crippen molar-refractivity contribution in [2.45, 2.75) is 6.92 Å². The van der Waals surface area contributed by atoms with Gasteiger partial charge in [0.1, 0.15) is 0 Å². The highest BCUT2D eigenvalue weighted by atomic mass is 35.5. The van der Waals surface area contributed by atoms with Crippen molar-refractivity contribution in [3.8, 4) is 0 Å². The molecule has 0 atom stereocenters. The molecule has 1 heterocycles. The van der Waals surface area contributed by atoms with Crippen LogP contribution in [0.3, 0.4) is 0 Å². The first kappa shape index (κ1) is 14.9. The topological polar surface area (TPSA) is 18.8 Å². The molecule has 0 amide bonds. The lowest BCUT2D eigenvalue weighted by Gasteiger charge is -2.34. The Morgan fingerprint density at radius 1 is 0.909 bits per heavy atom. The van der Waals surface area contributed by atoms with Gasteiger partial charge in [-0.05, 0) is 36.8 Å². The van der Waals surface area contributed by atoms with E-state index in [1.54, 1.807) is 0 Å². The highest BCUT2D eigenvalue weighted by molar-refractivity contribution is 6.30. The van der Waals surface area contributed by atoms with E-state index in [1.165, 1.54) is 11.3 Å². The molecular weight excluding hydrogens is 294 g/mol. The molecule has 0 saturated carbocycles. The number of hydrazone groups is 1. The van der Waals surface area contributed by atoms with E-state index in [9.17, 15) is 0 Å². The van der Waals surface area contributed by atoms with Crippen molar-refractivity contribution < 1.29 is 0 Å². The molecule has 0 N–H and O–H groups in total. The third kappa shape index (κ3) is 3.80. The predicted molar refractivity (Wildman–Crippen MR) is 94.0 cm³/mol. The molecule has 1 fully saturated rings. The molecule has 1 aliphatic heterocycles. The van der Waals surface area contributed by atoms with Gasteiger partial charge in [0, 0.05) is 23.8 Å². The molecule has 0 aromatic heterocycles. The monoisotopic (exact) mass is 313 g/mol. The maximum absolute atomic E-state index is 5.88. The minimum Gasteiger partial charge on any atom is -0.368 e. The zero-order valence-electron chi connectivity index (χ0n) is 12.7. The number of piperazine rings is 1. The second kappa shape index (κ2) is 6.84. The first-order valence-corrected chi connectivity index (χ1v) is 7.95. The number of hydrogen-bond acceptors (Lipinski definition) is 3. The second-order valence-corrected chi connectivity index (χ2v) is 6.01. The molecule has 4 heteroatoms. The van der Waals surface area contributed by atoms with Crippen LogP contribution >= 0.6 is 11.6 Å². The van der Waals surface area contributed by atoms with Gasteiger partial charge in [-0.2, -0.15) is 5.10 Å². The smallest absolute Gasteiger partial charge is 0.0542 e. The number of halogens is 1. The van der Waals surface area contributed by atoms with E-state index in [1.807, 2.05) is 30.5 Å². The number of nitrogens with zero attached hydrogens (tertiary/aromatic N) is 3. The summed E-state index contributed by atoms with van der Waals surface area (Å²) in [4.78, 5) is 2.41. The van der Waals surface area contributed by atoms with Gasteiger partial charge in [-0.3, -0.25) is 5.01 Å². The van der Waals surface area contributed by atoms with Crippen molar-refractivity contribution in [3.05, 3.63) is 64.7 Å². The summed E-state index contributed by atoms with van der Waals surface area (Å²) < 4.78 is 0. The molecule has 3 rings (SSSR count). The number of benzene rings is 2. The average molecular weight is 314 g/mol. The van der Waals surface area contributed by atoms with Crippen LogP contribution in [0.5, 0.6) is 0 Å². The van der Waals surface area contributed by atoms with E-state index in [0.717, 1.165) is 36.8 Å². The molecule has 22 heavy (non-hydrogen) atoms. The van der Waals surface area contributed by atoms with Crippen molar-refractivity contribution in [1.82, 2.24) is 5.01 Å². The van der Waals surface area contributed by atoms with Gasteiger partial charge in [0.2, 0.25) is 0 Å². The van der Waals surface area contributed by atoms with Gasteiger partial charge in [0.15, 0.2) is 0 Å². The largest absolute Gasteiger partial charge is 0.368 e. The van der Waals surface area contributed by atoms with Gasteiger partial charge >= 0.3 is 0 Å². The summed E-state index contributed by atoms with van der Waals surface area (Å²) in [5.41, 5.74) is 3.67. The van der Waals surface area contributed by atoms with E-state index < -0.39 is 0 Å². The number of hydrogen-bond donors (Lipinski definition) is 0. The Balaban J connectivity index is 1.55. The van der Waals surface area contributed by atoms with E-state index >= 15 is 0 Å². The number of anilines is 1. The quantitative estimate of drug-likeness (QED) is 0.803. The Labute approximate surface area is 136 Å². The summed E-state index contributed by atoms with van der Waals surface area (Å²) in [6.07, 6.45) is 1.90. The Morgan fingerprint density at radius 3 is 2.18 bits per heavy atom. The van der Waals surface area contributed by atoms with Crippen LogP contribution in [0.4, 0.5) is 5.69 Å². The first-order valence-electron chi connectivity index (χ1n) is 7.57. The van der Waals surface area contributed by atoms with E-state index in [4.69, 9.17) is 11.6 Å². The summed E-state index contributed by atoms with van der Waals surface area (Å²) in [6, 6.07) is 16.5. The predicted octanol–water partition coefficient (Wildman–Crippen LogP) is 3.80. The molecule has 0 spiro atoms. The molecule has 1 aliphatic rings. The highest BCUT2D eigenvalue weighted by Crippen LogP contribution is 2.17. The van der Waals surface area contributed by atoms with Gasteiger partial charge in [0.25, 0.3) is 0 Å². The van der Waals surface area contributed by atoms with Crippen LogP contribution < -0.4 is 4.90 Å². The minimum atomic E-state index is 0.754. The van der Waals surface area contributed by atoms with Gasteiger partial charge in [-0.15, -0.1) is 0 Å². The normalized spacial score (nSPS) is 15.5. The SMILES string of the molecule is Cc1ccc(N2CCN(N=Cc3ccc(Cl)cc3)CC2)cc1. The van der Waals surface area contributed by atoms with Crippen LogP contribution in [-0.4, -0.2) is 37.4 Å². The van der Waals surface area contributed by atoms with Crippen LogP contribution in [0.15, 0.2) is 53.6 Å². The van der Waals surface area contributed by atoms with Crippen LogP contribution in [0.2, 0.25) is 5.02 Å². The van der Waals surface area contributed by atoms with E-state index in [2.05, 4.69) is 46.2 Å². The third-order valence-electron chi connectivity index (χ3n) is 3.90. The molecule has 0 aliphatic carbocycles. The van der Waals surface area contributed by atoms with Gasteiger partial charge in [-0.1, -0.05) is 41.4 Å². The highest BCUT2D eigenvalue weighted by Gasteiger charge is 2.15. The lowest BCUT2D eigenvalue weighted by molar-refractivity contribution is 0.272. The molecular formula is C18H20ClN3. The van der Waals surface area contributed by atoms with Crippen molar-refractivity contribution in [2.75, 3.05) is 31.1 Å². The maximum Gasteiger partial charge on any atom is 0.0542 e. The van der Waals surface area contributed by atoms with E-state index in [-0.39, 0.29) is 0 Å². The Morgan fingerprint density at radius 2 is 1.55 bits per heavy atom. The summed E-state index contributed by atoms with van der Waals surface area (Å²) in [6.45, 7) is 6.01. The summed E-state index contributed by atoms with van der Waals surface area (Å²) in [7, 11) is 0. The van der Waals surface area contributed by atoms with Crippen molar-refractivity contribution in [2.24, 2.45) is 5.10 Å². The molecule has 3 nitrogen and oxygen atoms in total. The first-order chi connectivity index (χ1) is 10.7. The Kier molecular flexibility index (Phi) is 4.64. The van der Waals surface area contributed by atoms with Crippen LogP contribution in [0.25, 0.3) is 0 Å². The van der Waals surface area contributed by atoms with Gasteiger partial charge in [0.05, 0.1) is 19.3 Å². The molecule has 2 aromatic rings. The molecule has 114 valence electrons. The Bertz CT molecular complexity index is 626. The summed E-state index contributed by atoms with van der Waals surface area (Å²) in [5, 5.41) is 7.44. The van der Waals surface area contributed by atoms with Crippen LogP contribution in [0.1, 0.15) is 11.1 Å². The second-order valence-electron chi connectivity index (χ2n) is 5.57. The molecule has 1 saturated heterocycles. The fraction of sp³-hybridized carbons (Fsp3) is 0.278. The number of aryl methyl sites for hydroxylation is 1. The van der Waals surface area contributed by atoms with Crippen LogP contribution in [0, 0.1) is 6.92 Å². The molecule has 0 radical (unpaired) electrons. The zero-order chi connectivity index (χ0) is 15.4.